The Kier molecular flexibility index (Phi) is 6.88. The lowest BCUT2D eigenvalue weighted by molar-refractivity contribution is -0.142. The van der Waals surface area contributed by atoms with E-state index in [0.717, 1.165) is 6.42 Å². The van der Waals surface area contributed by atoms with Crippen LogP contribution in [0.3, 0.4) is 0 Å². The maximum Gasteiger partial charge on any atom is 0.322 e. The summed E-state index contributed by atoms with van der Waals surface area (Å²) in [7, 11) is 0. The number of aromatic nitrogens is 3. The Hall–Kier alpha value is -1.63. The Morgan fingerprint density at radius 2 is 2.11 bits per heavy atom. The number of nitrogens with zero attached hydrogens (tertiary/aromatic N) is 3. The predicted molar refractivity (Wildman–Crippen MR) is 70.4 cm³/mol. The van der Waals surface area contributed by atoms with Crippen LogP contribution >= 0.6 is 11.6 Å². The van der Waals surface area contributed by atoms with Crippen LogP contribution in [0.4, 0.5) is 5.95 Å². The van der Waals surface area contributed by atoms with Gasteiger partial charge >= 0.3 is 12.0 Å². The van der Waals surface area contributed by atoms with E-state index in [0.29, 0.717) is 19.8 Å². The Morgan fingerprint density at radius 1 is 1.32 bits per heavy atom. The largest absolute Gasteiger partial charge is 0.466 e. The molecule has 0 bridgehead atoms. The first kappa shape index (κ1) is 15.4. The first-order chi connectivity index (χ1) is 9.15. The highest BCUT2D eigenvalue weighted by Gasteiger charge is 2.07. The molecule has 1 aromatic heterocycles. The number of carbonyl (C=O) groups is 1. The Balaban J connectivity index is 2.48. The van der Waals surface area contributed by atoms with Gasteiger partial charge in [-0.05, 0) is 24.9 Å². The molecule has 0 aliphatic heterocycles. The number of hydrogen-bond acceptors (Lipinski definition) is 7. The van der Waals surface area contributed by atoms with Gasteiger partial charge in [-0.25, -0.2) is 0 Å². The van der Waals surface area contributed by atoms with Gasteiger partial charge in [0.25, 0.3) is 0 Å². The van der Waals surface area contributed by atoms with Gasteiger partial charge in [0, 0.05) is 6.54 Å². The van der Waals surface area contributed by atoms with Gasteiger partial charge in [0.1, 0.15) is 0 Å². The van der Waals surface area contributed by atoms with Crippen LogP contribution in [0.2, 0.25) is 5.28 Å². The van der Waals surface area contributed by atoms with Crippen molar-refractivity contribution < 1.29 is 14.3 Å². The molecule has 0 saturated carbocycles. The van der Waals surface area contributed by atoms with Crippen LogP contribution in [-0.4, -0.2) is 40.7 Å². The third-order valence-electron chi connectivity index (χ3n) is 1.94. The average Bonchev–Trinajstić information content (AvgIpc) is 2.36. The van der Waals surface area contributed by atoms with Gasteiger partial charge in [0.2, 0.25) is 11.2 Å². The summed E-state index contributed by atoms with van der Waals surface area (Å²) in [6, 6.07) is 0.167. The summed E-state index contributed by atoms with van der Waals surface area (Å²) in [5.74, 6) is -0.00647. The molecule has 0 saturated heterocycles. The normalized spacial score (nSPS) is 10.1. The highest BCUT2D eigenvalue weighted by Crippen LogP contribution is 2.11. The van der Waals surface area contributed by atoms with E-state index in [1.165, 1.54) is 0 Å². The molecule has 19 heavy (non-hydrogen) atoms. The minimum Gasteiger partial charge on any atom is -0.466 e. The molecule has 1 heterocycles. The van der Waals surface area contributed by atoms with E-state index < -0.39 is 0 Å². The van der Waals surface area contributed by atoms with E-state index in [-0.39, 0.29) is 29.6 Å². The summed E-state index contributed by atoms with van der Waals surface area (Å²) in [6.45, 7) is 4.95. The SMILES string of the molecule is CCCOc1nc(Cl)nc(NCCC(=O)OCC)n1. The van der Waals surface area contributed by atoms with Crippen LogP contribution in [0.15, 0.2) is 0 Å². The standard InChI is InChI=1S/C11H17ClN4O3/c1-3-7-19-11-15-9(12)14-10(16-11)13-6-5-8(17)18-4-2/h3-7H2,1-2H3,(H,13,14,15,16). The number of esters is 1. The van der Waals surface area contributed by atoms with Gasteiger partial charge in [-0.1, -0.05) is 6.92 Å². The third kappa shape index (κ3) is 6.19. The highest BCUT2D eigenvalue weighted by atomic mass is 35.5. The van der Waals surface area contributed by atoms with Crippen LogP contribution in [-0.2, 0) is 9.53 Å². The summed E-state index contributed by atoms with van der Waals surface area (Å²) in [5.41, 5.74) is 0. The molecule has 0 aromatic carbocycles. The monoisotopic (exact) mass is 288 g/mol. The first-order valence-electron chi connectivity index (χ1n) is 6.09. The Labute approximate surface area is 116 Å². The minimum absolute atomic E-state index is 0.0414. The van der Waals surface area contributed by atoms with Gasteiger partial charge in [-0.2, -0.15) is 15.0 Å². The summed E-state index contributed by atoms with van der Waals surface area (Å²) in [6.07, 6.45) is 1.07. The number of hydrogen-bond donors (Lipinski definition) is 1. The topological polar surface area (TPSA) is 86.2 Å². The number of rotatable bonds is 8. The second-order valence-electron chi connectivity index (χ2n) is 3.54. The molecule has 0 aliphatic rings. The van der Waals surface area contributed by atoms with Crippen LogP contribution in [0.25, 0.3) is 0 Å². The van der Waals surface area contributed by atoms with Gasteiger partial charge in [0.15, 0.2) is 0 Å². The van der Waals surface area contributed by atoms with Crippen LogP contribution in [0.5, 0.6) is 6.01 Å². The molecule has 0 aliphatic carbocycles. The lowest BCUT2D eigenvalue weighted by Crippen LogP contribution is -2.13. The lowest BCUT2D eigenvalue weighted by atomic mass is 10.4. The average molecular weight is 289 g/mol. The van der Waals surface area contributed by atoms with E-state index in [4.69, 9.17) is 21.1 Å². The van der Waals surface area contributed by atoms with E-state index in [1.807, 2.05) is 6.92 Å². The molecule has 0 amide bonds. The first-order valence-corrected chi connectivity index (χ1v) is 6.47. The van der Waals surface area contributed by atoms with Crippen molar-refractivity contribution in [2.45, 2.75) is 26.7 Å². The van der Waals surface area contributed by atoms with Gasteiger partial charge < -0.3 is 14.8 Å². The van der Waals surface area contributed by atoms with Gasteiger partial charge in [0.05, 0.1) is 19.6 Å². The summed E-state index contributed by atoms with van der Waals surface area (Å²) in [4.78, 5) is 22.9. The third-order valence-corrected chi connectivity index (χ3v) is 2.11. The molecule has 0 atom stereocenters. The molecule has 8 heteroatoms. The minimum atomic E-state index is -0.280. The number of carbonyl (C=O) groups excluding carboxylic acids is 1. The maximum atomic E-state index is 11.1. The fraction of sp³-hybridized carbons (Fsp3) is 0.636. The predicted octanol–water partition coefficient (Wildman–Crippen LogP) is 1.68. The molecule has 1 aromatic rings. The fourth-order valence-corrected chi connectivity index (χ4v) is 1.33. The van der Waals surface area contributed by atoms with Crippen molar-refractivity contribution >= 4 is 23.5 Å². The molecular weight excluding hydrogens is 272 g/mol. The van der Waals surface area contributed by atoms with Crippen molar-refractivity contribution in [1.82, 2.24) is 15.0 Å². The fourth-order valence-electron chi connectivity index (χ4n) is 1.18. The summed E-state index contributed by atoms with van der Waals surface area (Å²) >= 11 is 5.75. The van der Waals surface area contributed by atoms with E-state index in [2.05, 4.69) is 20.3 Å². The molecule has 0 radical (unpaired) electrons. The van der Waals surface area contributed by atoms with Crippen molar-refractivity contribution in [3.63, 3.8) is 0 Å². The molecule has 106 valence electrons. The molecule has 7 nitrogen and oxygen atoms in total. The van der Waals surface area contributed by atoms with Crippen LogP contribution in [0, 0.1) is 0 Å². The van der Waals surface area contributed by atoms with Crippen LogP contribution < -0.4 is 10.1 Å². The van der Waals surface area contributed by atoms with E-state index >= 15 is 0 Å². The highest BCUT2D eigenvalue weighted by molar-refractivity contribution is 6.28. The zero-order chi connectivity index (χ0) is 14.1. The summed E-state index contributed by atoms with van der Waals surface area (Å²) in [5, 5.41) is 2.91. The van der Waals surface area contributed by atoms with E-state index in [9.17, 15) is 4.79 Å². The van der Waals surface area contributed by atoms with Crippen molar-refractivity contribution in [3.8, 4) is 6.01 Å². The molecular formula is C11H17ClN4O3. The van der Waals surface area contributed by atoms with E-state index in [1.54, 1.807) is 6.92 Å². The van der Waals surface area contributed by atoms with Crippen molar-refractivity contribution in [1.29, 1.82) is 0 Å². The summed E-state index contributed by atoms with van der Waals surface area (Å²) < 4.78 is 10.1. The zero-order valence-corrected chi connectivity index (χ0v) is 11.7. The van der Waals surface area contributed by atoms with Gasteiger partial charge in [-0.15, -0.1) is 0 Å². The number of nitrogens with one attached hydrogen (secondary N) is 1. The molecule has 0 unspecified atom stereocenters. The number of ether oxygens (including phenoxy) is 2. The van der Waals surface area contributed by atoms with Crippen molar-refractivity contribution in [2.75, 3.05) is 25.1 Å². The smallest absolute Gasteiger partial charge is 0.322 e. The second kappa shape index (κ2) is 8.47. The number of halogens is 1. The number of anilines is 1. The Bertz CT molecular complexity index is 417. The molecule has 1 rings (SSSR count). The molecule has 0 fully saturated rings. The molecule has 1 N–H and O–H groups in total. The molecule has 0 spiro atoms. The van der Waals surface area contributed by atoms with Crippen molar-refractivity contribution in [2.24, 2.45) is 0 Å². The second-order valence-corrected chi connectivity index (χ2v) is 3.88. The quantitative estimate of drug-likeness (QED) is 0.728. The lowest BCUT2D eigenvalue weighted by Gasteiger charge is -2.07. The Morgan fingerprint density at radius 3 is 2.79 bits per heavy atom. The van der Waals surface area contributed by atoms with Crippen LogP contribution in [0.1, 0.15) is 26.7 Å². The van der Waals surface area contributed by atoms with Gasteiger partial charge in [-0.3, -0.25) is 4.79 Å². The maximum absolute atomic E-state index is 11.1. The van der Waals surface area contributed by atoms with Crippen molar-refractivity contribution in [3.05, 3.63) is 5.28 Å². The zero-order valence-electron chi connectivity index (χ0n) is 11.0.